The van der Waals surface area contributed by atoms with Crippen molar-refractivity contribution in [2.75, 3.05) is 42.7 Å². The van der Waals surface area contributed by atoms with Gasteiger partial charge >= 0.3 is 0 Å². The van der Waals surface area contributed by atoms with Crippen LogP contribution in [0.3, 0.4) is 0 Å². The number of nitrogens with one attached hydrogen (secondary N) is 1. The van der Waals surface area contributed by atoms with E-state index in [9.17, 15) is 4.79 Å². The Bertz CT molecular complexity index is 1040. The monoisotopic (exact) mass is 543 g/mol. The van der Waals surface area contributed by atoms with E-state index in [1.165, 1.54) is 25.7 Å². The van der Waals surface area contributed by atoms with Gasteiger partial charge < -0.3 is 33.7 Å². The fraction of sp³-hybridized carbons (Fsp3) is 0.581. The van der Waals surface area contributed by atoms with Gasteiger partial charge in [0.2, 0.25) is 11.5 Å². The Balaban J connectivity index is 1.99. The maximum absolute atomic E-state index is 13.8. The molecule has 1 aliphatic heterocycles. The van der Waals surface area contributed by atoms with Crippen LogP contribution in [-0.2, 0) is 4.79 Å². The molecular formula is C31H45NO7. The molecule has 1 aliphatic rings. The van der Waals surface area contributed by atoms with Crippen LogP contribution in [0.2, 0.25) is 0 Å². The second kappa shape index (κ2) is 14.9. The minimum absolute atomic E-state index is 0.169. The van der Waals surface area contributed by atoms with Gasteiger partial charge in [-0.2, -0.15) is 0 Å². The van der Waals surface area contributed by atoms with Crippen LogP contribution in [0.15, 0.2) is 24.3 Å². The first-order valence-corrected chi connectivity index (χ1v) is 13.8. The largest absolute Gasteiger partial charge is 0.493 e. The molecule has 1 saturated heterocycles. The molecule has 3 atom stereocenters. The molecular weight excluding hydrogens is 498 g/mol. The number of hydrogen-bond donors (Lipinski definition) is 1. The van der Waals surface area contributed by atoms with Crippen LogP contribution in [0.5, 0.6) is 34.5 Å². The molecule has 39 heavy (non-hydrogen) atoms. The molecule has 0 aromatic heterocycles. The molecule has 0 bridgehead atoms. The van der Waals surface area contributed by atoms with Crippen LogP contribution in [-0.4, -0.2) is 48.4 Å². The van der Waals surface area contributed by atoms with Crippen molar-refractivity contribution in [2.24, 2.45) is 5.92 Å². The second-order valence-electron chi connectivity index (χ2n) is 9.95. The zero-order valence-electron chi connectivity index (χ0n) is 24.6. The molecule has 3 rings (SSSR count). The van der Waals surface area contributed by atoms with Crippen LogP contribution < -0.4 is 33.7 Å². The standard InChI is InChI=1S/C31H45NO7/c1-8-9-10-11-12-13-14-22-24(33)19-23(20-15-25(34-2)30(38-6)26(16-20)35-3)32-29(22)21-17-27(36-4)31(39-7)28(18-21)37-5/h15-18,22-23,29,32H,8-14,19H2,1-7H3/t22-,23+,29+/m0/s1. The Kier molecular flexibility index (Phi) is 11.6. The maximum atomic E-state index is 13.8. The summed E-state index contributed by atoms with van der Waals surface area (Å²) >= 11 is 0. The summed E-state index contributed by atoms with van der Waals surface area (Å²) in [5.41, 5.74) is 1.82. The van der Waals surface area contributed by atoms with Crippen molar-refractivity contribution in [2.45, 2.75) is 70.4 Å². The van der Waals surface area contributed by atoms with Gasteiger partial charge in [-0.25, -0.2) is 0 Å². The number of methoxy groups -OCH3 is 6. The first-order valence-electron chi connectivity index (χ1n) is 13.8. The highest BCUT2D eigenvalue weighted by Gasteiger charge is 2.38. The van der Waals surface area contributed by atoms with Crippen LogP contribution in [0.1, 0.15) is 81.5 Å². The summed E-state index contributed by atoms with van der Waals surface area (Å²) in [5.74, 6) is 3.35. The van der Waals surface area contributed by atoms with E-state index in [2.05, 4.69) is 12.2 Å². The molecule has 0 amide bonds. The first-order chi connectivity index (χ1) is 19.0. The van der Waals surface area contributed by atoms with E-state index in [0.717, 1.165) is 30.4 Å². The average molecular weight is 544 g/mol. The predicted octanol–water partition coefficient (Wildman–Crippen LogP) is 6.45. The summed E-state index contributed by atoms with van der Waals surface area (Å²) in [6.45, 7) is 2.22. The highest BCUT2D eigenvalue weighted by atomic mass is 16.5. The van der Waals surface area contributed by atoms with E-state index in [1.54, 1.807) is 42.7 Å². The normalized spacial score (nSPS) is 18.9. The molecule has 1 fully saturated rings. The minimum Gasteiger partial charge on any atom is -0.493 e. The van der Waals surface area contributed by atoms with Crippen molar-refractivity contribution in [3.63, 3.8) is 0 Å². The Morgan fingerprint density at radius 3 is 1.59 bits per heavy atom. The van der Waals surface area contributed by atoms with E-state index in [0.29, 0.717) is 40.9 Å². The molecule has 0 unspecified atom stereocenters. The molecule has 8 heteroatoms. The number of carbonyl (C=O) groups excluding carboxylic acids is 1. The smallest absolute Gasteiger partial charge is 0.203 e. The van der Waals surface area contributed by atoms with E-state index >= 15 is 0 Å². The topological polar surface area (TPSA) is 84.5 Å². The van der Waals surface area contributed by atoms with Crippen molar-refractivity contribution in [3.8, 4) is 34.5 Å². The molecule has 1 N–H and O–H groups in total. The predicted molar refractivity (Wildman–Crippen MR) is 152 cm³/mol. The zero-order valence-corrected chi connectivity index (χ0v) is 24.6. The summed E-state index contributed by atoms with van der Waals surface area (Å²) in [7, 11) is 9.56. The molecule has 2 aromatic carbocycles. The highest BCUT2D eigenvalue weighted by Crippen LogP contribution is 2.46. The number of Topliss-reactive ketones (excluding diaryl/α,β-unsaturated/α-hetero) is 1. The Morgan fingerprint density at radius 2 is 1.13 bits per heavy atom. The van der Waals surface area contributed by atoms with Gasteiger partial charge in [0.05, 0.1) is 42.7 Å². The minimum atomic E-state index is -0.240. The molecule has 0 saturated carbocycles. The van der Waals surface area contributed by atoms with E-state index in [4.69, 9.17) is 28.4 Å². The number of benzene rings is 2. The number of carbonyl (C=O) groups is 1. The number of ether oxygens (including phenoxy) is 6. The summed E-state index contributed by atoms with van der Waals surface area (Å²) in [5, 5.41) is 3.78. The van der Waals surface area contributed by atoms with Crippen LogP contribution in [0.25, 0.3) is 0 Å². The molecule has 0 radical (unpaired) electrons. The third kappa shape index (κ3) is 7.10. The van der Waals surface area contributed by atoms with Gasteiger partial charge in [-0.1, -0.05) is 45.4 Å². The lowest BCUT2D eigenvalue weighted by Crippen LogP contribution is -2.42. The third-order valence-electron chi connectivity index (χ3n) is 7.61. The SMILES string of the molecule is CCCCCCCC[C@H]1C(=O)C[C@H](c2cc(OC)c(OC)c(OC)c2)N[C@@H]1c1cc(OC)c(OC)c(OC)c1. The fourth-order valence-electron chi connectivity index (χ4n) is 5.53. The van der Waals surface area contributed by atoms with Gasteiger partial charge in [0.15, 0.2) is 23.0 Å². The van der Waals surface area contributed by atoms with E-state index < -0.39 is 0 Å². The summed E-state index contributed by atoms with van der Waals surface area (Å²) in [6.07, 6.45) is 8.25. The van der Waals surface area contributed by atoms with Crippen molar-refractivity contribution in [1.82, 2.24) is 5.32 Å². The lowest BCUT2D eigenvalue weighted by molar-refractivity contribution is -0.127. The first kappa shape index (κ1) is 30.4. The highest BCUT2D eigenvalue weighted by molar-refractivity contribution is 5.84. The zero-order chi connectivity index (χ0) is 28.4. The average Bonchev–Trinajstić information content (AvgIpc) is 2.97. The van der Waals surface area contributed by atoms with E-state index in [1.807, 2.05) is 24.3 Å². The van der Waals surface area contributed by atoms with Gasteiger partial charge in [0.25, 0.3) is 0 Å². The van der Waals surface area contributed by atoms with Gasteiger partial charge in [-0.15, -0.1) is 0 Å². The summed E-state index contributed by atoms with van der Waals surface area (Å²) in [6, 6.07) is 7.23. The van der Waals surface area contributed by atoms with Gasteiger partial charge in [-0.3, -0.25) is 4.79 Å². The molecule has 1 heterocycles. The maximum Gasteiger partial charge on any atom is 0.203 e. The van der Waals surface area contributed by atoms with Gasteiger partial charge in [0, 0.05) is 24.4 Å². The fourth-order valence-corrected chi connectivity index (χ4v) is 5.53. The van der Waals surface area contributed by atoms with E-state index in [-0.39, 0.29) is 23.8 Å². The molecule has 216 valence electrons. The third-order valence-corrected chi connectivity index (χ3v) is 7.61. The Hall–Kier alpha value is -3.13. The van der Waals surface area contributed by atoms with Crippen molar-refractivity contribution < 1.29 is 33.2 Å². The van der Waals surface area contributed by atoms with Gasteiger partial charge in [-0.05, 0) is 41.8 Å². The van der Waals surface area contributed by atoms with Crippen molar-refractivity contribution >= 4 is 5.78 Å². The Morgan fingerprint density at radius 1 is 0.667 bits per heavy atom. The lowest BCUT2D eigenvalue weighted by atomic mass is 9.78. The molecule has 2 aromatic rings. The molecule has 0 spiro atoms. The Labute approximate surface area is 233 Å². The van der Waals surface area contributed by atoms with Crippen LogP contribution in [0, 0.1) is 5.92 Å². The summed E-state index contributed by atoms with van der Waals surface area (Å²) < 4.78 is 33.5. The number of ketones is 1. The summed E-state index contributed by atoms with van der Waals surface area (Å²) in [4.78, 5) is 13.8. The number of hydrogen-bond acceptors (Lipinski definition) is 8. The lowest BCUT2D eigenvalue weighted by Gasteiger charge is -2.38. The number of piperidine rings is 1. The van der Waals surface area contributed by atoms with Crippen LogP contribution >= 0.6 is 0 Å². The van der Waals surface area contributed by atoms with Crippen molar-refractivity contribution in [3.05, 3.63) is 35.4 Å². The van der Waals surface area contributed by atoms with Crippen molar-refractivity contribution in [1.29, 1.82) is 0 Å². The number of rotatable bonds is 15. The molecule has 0 aliphatic carbocycles. The van der Waals surface area contributed by atoms with Gasteiger partial charge in [0.1, 0.15) is 5.78 Å². The quantitative estimate of drug-likeness (QED) is 0.257. The van der Waals surface area contributed by atoms with Crippen LogP contribution in [0.4, 0.5) is 0 Å². The number of unbranched alkanes of at least 4 members (excludes halogenated alkanes) is 5. The molecule has 8 nitrogen and oxygen atoms in total. The second-order valence-corrected chi connectivity index (χ2v) is 9.95.